The van der Waals surface area contributed by atoms with Crippen molar-refractivity contribution < 1.29 is 0 Å². The number of nitrogens with zero attached hydrogens (tertiary/aromatic N) is 3. The number of aromatic nitrogens is 3. The van der Waals surface area contributed by atoms with Crippen molar-refractivity contribution in [2.24, 2.45) is 0 Å². The molecule has 17 heavy (non-hydrogen) atoms. The molecule has 3 nitrogen and oxygen atoms in total. The van der Waals surface area contributed by atoms with Gasteiger partial charge in [-0.2, -0.15) is 0 Å². The first-order valence-corrected chi connectivity index (χ1v) is 5.38. The van der Waals surface area contributed by atoms with Crippen molar-refractivity contribution in [2.75, 3.05) is 0 Å². The fraction of sp³-hybridized carbons (Fsp3) is 0.0714. The van der Waals surface area contributed by atoms with E-state index >= 15 is 0 Å². The minimum atomic E-state index is 0.961. The van der Waals surface area contributed by atoms with Crippen LogP contribution in [0.5, 0.6) is 0 Å². The van der Waals surface area contributed by atoms with Gasteiger partial charge in [-0.15, -0.1) is 0 Å². The Bertz CT molecular complexity index is 513. The molecule has 0 atom stereocenters. The lowest BCUT2D eigenvalue weighted by atomic mass is 10.2. The topological polar surface area (TPSA) is 38.7 Å². The minimum absolute atomic E-state index is 0.961. The third-order valence-corrected chi connectivity index (χ3v) is 2.20. The van der Waals surface area contributed by atoms with E-state index in [1.165, 1.54) is 5.39 Å². The second-order valence-electron chi connectivity index (χ2n) is 3.54. The van der Waals surface area contributed by atoms with Crippen LogP contribution in [0, 0.1) is 6.92 Å². The Morgan fingerprint density at radius 2 is 1.65 bits per heavy atom. The van der Waals surface area contributed by atoms with Crippen LogP contribution in [0.15, 0.2) is 61.2 Å². The zero-order chi connectivity index (χ0) is 11.9. The summed E-state index contributed by atoms with van der Waals surface area (Å²) in [6, 6.07) is 12.1. The van der Waals surface area contributed by atoms with Crippen LogP contribution < -0.4 is 0 Å². The Labute approximate surface area is 100 Å². The SMILES string of the molecule is Cc1cnccn1.c1ccc2ncccc2c1. The van der Waals surface area contributed by atoms with E-state index in [-0.39, 0.29) is 0 Å². The zero-order valence-electron chi connectivity index (χ0n) is 9.62. The van der Waals surface area contributed by atoms with Gasteiger partial charge in [0.05, 0.1) is 11.2 Å². The Hall–Kier alpha value is -2.29. The summed E-state index contributed by atoms with van der Waals surface area (Å²) in [5.41, 5.74) is 2.02. The fourth-order valence-electron chi connectivity index (χ4n) is 1.39. The molecule has 84 valence electrons. The van der Waals surface area contributed by atoms with Crippen molar-refractivity contribution in [1.82, 2.24) is 15.0 Å². The summed E-state index contributed by atoms with van der Waals surface area (Å²) in [7, 11) is 0. The smallest absolute Gasteiger partial charge is 0.0701 e. The summed E-state index contributed by atoms with van der Waals surface area (Å²) in [6.07, 6.45) is 6.87. The second-order valence-corrected chi connectivity index (χ2v) is 3.54. The number of hydrogen-bond donors (Lipinski definition) is 0. The quantitative estimate of drug-likeness (QED) is 0.588. The van der Waals surface area contributed by atoms with Crippen LogP contribution in [-0.2, 0) is 0 Å². The fourth-order valence-corrected chi connectivity index (χ4v) is 1.39. The Kier molecular flexibility index (Phi) is 3.76. The summed E-state index contributed by atoms with van der Waals surface area (Å²) in [5.74, 6) is 0. The van der Waals surface area contributed by atoms with Crippen LogP contribution in [0.1, 0.15) is 5.69 Å². The van der Waals surface area contributed by atoms with Crippen LogP contribution in [0.2, 0.25) is 0 Å². The van der Waals surface area contributed by atoms with Gasteiger partial charge in [-0.3, -0.25) is 15.0 Å². The molecule has 0 aliphatic heterocycles. The molecule has 3 aromatic rings. The van der Waals surface area contributed by atoms with Gasteiger partial charge < -0.3 is 0 Å². The molecule has 0 saturated heterocycles. The molecule has 2 heterocycles. The molecule has 2 aromatic heterocycles. The van der Waals surface area contributed by atoms with E-state index in [9.17, 15) is 0 Å². The Balaban J connectivity index is 0.000000136. The van der Waals surface area contributed by atoms with Gasteiger partial charge in [0.1, 0.15) is 0 Å². The first-order chi connectivity index (χ1) is 8.36. The number of benzene rings is 1. The lowest BCUT2D eigenvalue weighted by Crippen LogP contribution is -1.77. The molecule has 0 aliphatic carbocycles. The van der Waals surface area contributed by atoms with Crippen LogP contribution in [0.3, 0.4) is 0 Å². The van der Waals surface area contributed by atoms with Crippen molar-refractivity contribution in [3.05, 3.63) is 66.9 Å². The molecule has 0 unspecified atom stereocenters. The predicted molar refractivity (Wildman–Crippen MR) is 68.5 cm³/mol. The third-order valence-electron chi connectivity index (χ3n) is 2.20. The third kappa shape index (κ3) is 3.34. The van der Waals surface area contributed by atoms with Gasteiger partial charge in [0.15, 0.2) is 0 Å². The van der Waals surface area contributed by atoms with E-state index in [0.29, 0.717) is 0 Å². The molecule has 0 aliphatic rings. The molecule has 0 bridgehead atoms. The first kappa shape index (κ1) is 11.2. The largest absolute Gasteiger partial charge is 0.261 e. The molecule has 0 N–H and O–H groups in total. The van der Waals surface area contributed by atoms with E-state index in [0.717, 1.165) is 11.2 Å². The number of para-hydroxylation sites is 1. The summed E-state index contributed by atoms with van der Waals surface area (Å²) in [5, 5.41) is 1.20. The number of rotatable bonds is 0. The maximum absolute atomic E-state index is 4.18. The molecule has 0 saturated carbocycles. The van der Waals surface area contributed by atoms with Gasteiger partial charge in [-0.05, 0) is 19.1 Å². The van der Waals surface area contributed by atoms with Gasteiger partial charge in [0, 0.05) is 30.2 Å². The van der Waals surface area contributed by atoms with Gasteiger partial charge in [0.2, 0.25) is 0 Å². The second kappa shape index (κ2) is 5.70. The Morgan fingerprint density at radius 3 is 2.29 bits per heavy atom. The average molecular weight is 223 g/mol. The molecule has 0 fully saturated rings. The van der Waals surface area contributed by atoms with Crippen molar-refractivity contribution in [2.45, 2.75) is 6.92 Å². The number of hydrogen-bond acceptors (Lipinski definition) is 3. The summed E-state index contributed by atoms with van der Waals surface area (Å²) in [4.78, 5) is 11.9. The summed E-state index contributed by atoms with van der Waals surface area (Å²) in [6.45, 7) is 1.91. The number of aryl methyl sites for hydroxylation is 1. The van der Waals surface area contributed by atoms with Gasteiger partial charge in [-0.1, -0.05) is 24.3 Å². The molecule has 0 spiro atoms. The van der Waals surface area contributed by atoms with Crippen LogP contribution in [0.25, 0.3) is 10.9 Å². The van der Waals surface area contributed by atoms with Gasteiger partial charge in [0.25, 0.3) is 0 Å². The zero-order valence-corrected chi connectivity index (χ0v) is 9.62. The highest BCUT2D eigenvalue weighted by Gasteiger charge is 1.86. The lowest BCUT2D eigenvalue weighted by molar-refractivity contribution is 1.12. The van der Waals surface area contributed by atoms with E-state index in [2.05, 4.69) is 27.1 Å². The first-order valence-electron chi connectivity index (χ1n) is 5.38. The maximum Gasteiger partial charge on any atom is 0.0701 e. The van der Waals surface area contributed by atoms with Crippen molar-refractivity contribution in [3.63, 3.8) is 0 Å². The minimum Gasteiger partial charge on any atom is -0.261 e. The standard InChI is InChI=1S/C9H7N.C5H6N2/c1-2-6-9-8(4-1)5-3-7-10-9;1-5-4-6-2-3-7-5/h1-7H;2-4H,1H3. The van der Waals surface area contributed by atoms with E-state index < -0.39 is 0 Å². The molecule has 0 amide bonds. The Morgan fingerprint density at radius 1 is 0.824 bits per heavy atom. The molecular formula is C14H13N3. The molecule has 3 rings (SSSR count). The predicted octanol–water partition coefficient (Wildman–Crippen LogP) is 3.02. The number of fused-ring (bicyclic) bond motifs is 1. The lowest BCUT2D eigenvalue weighted by Gasteiger charge is -1.91. The normalized spacial score (nSPS) is 9.47. The molecule has 1 aromatic carbocycles. The maximum atomic E-state index is 4.18. The monoisotopic (exact) mass is 223 g/mol. The van der Waals surface area contributed by atoms with E-state index in [1.807, 2.05) is 37.4 Å². The van der Waals surface area contributed by atoms with Crippen molar-refractivity contribution in [1.29, 1.82) is 0 Å². The summed E-state index contributed by atoms with van der Waals surface area (Å²) >= 11 is 0. The van der Waals surface area contributed by atoms with Gasteiger partial charge >= 0.3 is 0 Å². The highest BCUT2D eigenvalue weighted by molar-refractivity contribution is 5.77. The molecular weight excluding hydrogens is 210 g/mol. The average Bonchev–Trinajstić information content (AvgIpc) is 2.41. The van der Waals surface area contributed by atoms with Crippen LogP contribution in [0.4, 0.5) is 0 Å². The number of pyridine rings is 1. The van der Waals surface area contributed by atoms with E-state index in [1.54, 1.807) is 18.6 Å². The van der Waals surface area contributed by atoms with E-state index in [4.69, 9.17) is 0 Å². The van der Waals surface area contributed by atoms with Crippen LogP contribution in [-0.4, -0.2) is 15.0 Å². The van der Waals surface area contributed by atoms with Crippen LogP contribution >= 0.6 is 0 Å². The summed E-state index contributed by atoms with van der Waals surface area (Å²) < 4.78 is 0. The molecule has 3 heteroatoms. The van der Waals surface area contributed by atoms with Crippen molar-refractivity contribution >= 4 is 10.9 Å². The molecule has 0 radical (unpaired) electrons. The van der Waals surface area contributed by atoms with Gasteiger partial charge in [-0.25, -0.2) is 0 Å². The highest BCUT2D eigenvalue weighted by atomic mass is 14.7. The highest BCUT2D eigenvalue weighted by Crippen LogP contribution is 2.07. The van der Waals surface area contributed by atoms with Crippen molar-refractivity contribution in [3.8, 4) is 0 Å².